The van der Waals surface area contributed by atoms with Gasteiger partial charge in [-0.1, -0.05) is 25.7 Å². The molecule has 0 atom stereocenters. The minimum absolute atomic E-state index is 0.302. The molecule has 3 nitrogen and oxygen atoms in total. The highest BCUT2D eigenvalue weighted by Crippen LogP contribution is 2.21. The number of carbonyl (C=O) groups is 1. The van der Waals surface area contributed by atoms with Crippen molar-refractivity contribution in [3.8, 4) is 0 Å². The van der Waals surface area contributed by atoms with Crippen LogP contribution in [0.2, 0.25) is 0 Å². The molecule has 98 valence electrons. The number of hydrogen-bond donors (Lipinski definition) is 1. The van der Waals surface area contributed by atoms with Crippen LogP contribution in [-0.4, -0.2) is 37.0 Å². The van der Waals surface area contributed by atoms with Crippen LogP contribution < -0.4 is 5.32 Å². The van der Waals surface area contributed by atoms with Crippen LogP contribution in [0.15, 0.2) is 0 Å². The van der Waals surface area contributed by atoms with E-state index in [2.05, 4.69) is 5.32 Å². The van der Waals surface area contributed by atoms with Crippen molar-refractivity contribution in [2.45, 2.75) is 51.4 Å². The fourth-order valence-electron chi connectivity index (χ4n) is 3.03. The van der Waals surface area contributed by atoms with Gasteiger partial charge in [0.25, 0.3) is 0 Å². The lowest BCUT2D eigenvalue weighted by Gasteiger charge is -2.18. The molecule has 1 saturated carbocycles. The summed E-state index contributed by atoms with van der Waals surface area (Å²) in [6, 6.07) is 0. The largest absolute Gasteiger partial charge is 0.342 e. The first-order chi connectivity index (χ1) is 8.36. The summed E-state index contributed by atoms with van der Waals surface area (Å²) < 4.78 is 0. The molecule has 1 aliphatic heterocycles. The predicted octanol–water partition coefficient (Wildman–Crippen LogP) is 2.17. The number of rotatable bonds is 4. The van der Waals surface area contributed by atoms with Crippen LogP contribution in [0, 0.1) is 5.92 Å². The Hall–Kier alpha value is -0.570. The Kier molecular flexibility index (Phi) is 5.30. The van der Waals surface area contributed by atoms with Crippen LogP contribution in [-0.2, 0) is 4.79 Å². The molecule has 1 N–H and O–H groups in total. The molecule has 0 radical (unpaired) electrons. The van der Waals surface area contributed by atoms with Gasteiger partial charge in [0.1, 0.15) is 0 Å². The van der Waals surface area contributed by atoms with E-state index in [-0.39, 0.29) is 0 Å². The summed E-state index contributed by atoms with van der Waals surface area (Å²) in [4.78, 5) is 13.8. The third-order valence-electron chi connectivity index (χ3n) is 4.14. The maximum Gasteiger partial charge on any atom is 0.236 e. The standard InChI is InChI=1S/C14H26N2O/c17-14(16-9-5-6-10-16)12-15-11-13-7-3-1-2-4-8-13/h13,15H,1-12H2. The fraction of sp³-hybridized carbons (Fsp3) is 0.929. The summed E-state index contributed by atoms with van der Waals surface area (Å²) >= 11 is 0. The Balaban J connectivity index is 1.59. The number of amides is 1. The fourth-order valence-corrected chi connectivity index (χ4v) is 3.03. The van der Waals surface area contributed by atoms with Crippen LogP contribution in [0.1, 0.15) is 51.4 Å². The van der Waals surface area contributed by atoms with E-state index in [1.54, 1.807) is 0 Å². The zero-order valence-electron chi connectivity index (χ0n) is 10.9. The maximum atomic E-state index is 11.8. The predicted molar refractivity (Wildman–Crippen MR) is 69.9 cm³/mol. The van der Waals surface area contributed by atoms with Crippen LogP contribution in [0.4, 0.5) is 0 Å². The summed E-state index contributed by atoms with van der Waals surface area (Å²) in [5.74, 6) is 1.11. The molecule has 0 bridgehead atoms. The highest BCUT2D eigenvalue weighted by atomic mass is 16.2. The van der Waals surface area contributed by atoms with Crippen molar-refractivity contribution in [3.63, 3.8) is 0 Å². The second-order valence-electron chi connectivity index (χ2n) is 5.58. The minimum atomic E-state index is 0.302. The van der Waals surface area contributed by atoms with E-state index in [0.717, 1.165) is 25.6 Å². The van der Waals surface area contributed by atoms with Gasteiger partial charge in [0.15, 0.2) is 0 Å². The molecule has 3 heteroatoms. The first kappa shape index (κ1) is 12.9. The molecule has 2 rings (SSSR count). The van der Waals surface area contributed by atoms with Gasteiger partial charge in [-0.2, -0.15) is 0 Å². The zero-order chi connectivity index (χ0) is 11.9. The lowest BCUT2D eigenvalue weighted by Crippen LogP contribution is -2.37. The van der Waals surface area contributed by atoms with Gasteiger partial charge in [-0.15, -0.1) is 0 Å². The lowest BCUT2D eigenvalue weighted by molar-refractivity contribution is -0.129. The molecule has 0 aromatic rings. The first-order valence-electron chi connectivity index (χ1n) is 7.35. The Morgan fingerprint density at radius 3 is 2.29 bits per heavy atom. The van der Waals surface area contributed by atoms with Crippen LogP contribution in [0.25, 0.3) is 0 Å². The van der Waals surface area contributed by atoms with E-state index in [4.69, 9.17) is 0 Å². The number of hydrogen-bond acceptors (Lipinski definition) is 2. The molecule has 0 spiro atoms. The lowest BCUT2D eigenvalue weighted by atomic mass is 10.0. The molecule has 0 aromatic carbocycles. The highest BCUT2D eigenvalue weighted by Gasteiger charge is 2.18. The van der Waals surface area contributed by atoms with E-state index < -0.39 is 0 Å². The smallest absolute Gasteiger partial charge is 0.236 e. The van der Waals surface area contributed by atoms with Crippen molar-refractivity contribution in [1.82, 2.24) is 10.2 Å². The SMILES string of the molecule is O=C(CNCC1CCCCCC1)N1CCCC1. The number of likely N-dealkylation sites (tertiary alicyclic amines) is 1. The molecule has 0 unspecified atom stereocenters. The van der Waals surface area contributed by atoms with Gasteiger partial charge >= 0.3 is 0 Å². The topological polar surface area (TPSA) is 32.3 Å². The minimum Gasteiger partial charge on any atom is -0.342 e. The van der Waals surface area contributed by atoms with E-state index >= 15 is 0 Å². The van der Waals surface area contributed by atoms with Gasteiger partial charge in [0.05, 0.1) is 6.54 Å². The second-order valence-corrected chi connectivity index (χ2v) is 5.58. The summed E-state index contributed by atoms with van der Waals surface area (Å²) in [7, 11) is 0. The molecule has 1 amide bonds. The van der Waals surface area contributed by atoms with Crippen molar-refractivity contribution in [2.75, 3.05) is 26.2 Å². The van der Waals surface area contributed by atoms with Crippen molar-refractivity contribution < 1.29 is 4.79 Å². The molecule has 1 saturated heterocycles. The Morgan fingerprint density at radius 2 is 1.65 bits per heavy atom. The van der Waals surface area contributed by atoms with Crippen molar-refractivity contribution >= 4 is 5.91 Å². The maximum absolute atomic E-state index is 11.8. The van der Waals surface area contributed by atoms with Gasteiger partial charge in [0, 0.05) is 13.1 Å². The summed E-state index contributed by atoms with van der Waals surface area (Å²) in [5.41, 5.74) is 0. The Labute approximate surface area is 105 Å². The highest BCUT2D eigenvalue weighted by molar-refractivity contribution is 5.78. The molecule has 1 aliphatic carbocycles. The molecular weight excluding hydrogens is 212 g/mol. The average Bonchev–Trinajstić information content (AvgIpc) is 2.75. The molecular formula is C14H26N2O. The average molecular weight is 238 g/mol. The molecule has 1 heterocycles. The molecule has 0 aromatic heterocycles. The molecule has 2 fully saturated rings. The third-order valence-corrected chi connectivity index (χ3v) is 4.14. The van der Waals surface area contributed by atoms with E-state index in [1.807, 2.05) is 4.90 Å². The van der Waals surface area contributed by atoms with Gasteiger partial charge in [-0.25, -0.2) is 0 Å². The van der Waals surface area contributed by atoms with Gasteiger partial charge in [-0.3, -0.25) is 4.79 Å². The third kappa shape index (κ3) is 4.30. The van der Waals surface area contributed by atoms with E-state index in [1.165, 1.54) is 51.4 Å². The van der Waals surface area contributed by atoms with E-state index in [9.17, 15) is 4.79 Å². The summed E-state index contributed by atoms with van der Waals surface area (Å²) in [6.07, 6.45) is 10.7. The molecule has 17 heavy (non-hydrogen) atoms. The van der Waals surface area contributed by atoms with Crippen molar-refractivity contribution in [1.29, 1.82) is 0 Å². The van der Waals surface area contributed by atoms with Crippen LogP contribution >= 0.6 is 0 Å². The summed E-state index contributed by atoms with van der Waals surface area (Å²) in [6.45, 7) is 3.55. The number of carbonyl (C=O) groups excluding carboxylic acids is 1. The number of nitrogens with one attached hydrogen (secondary N) is 1. The second kappa shape index (κ2) is 7.00. The van der Waals surface area contributed by atoms with Crippen LogP contribution in [0.5, 0.6) is 0 Å². The Bertz CT molecular complexity index is 228. The quantitative estimate of drug-likeness (QED) is 0.761. The Morgan fingerprint density at radius 1 is 1.00 bits per heavy atom. The zero-order valence-corrected chi connectivity index (χ0v) is 10.9. The number of nitrogens with zero attached hydrogens (tertiary/aromatic N) is 1. The first-order valence-corrected chi connectivity index (χ1v) is 7.35. The normalized spacial score (nSPS) is 22.7. The molecule has 2 aliphatic rings. The van der Waals surface area contributed by atoms with Gasteiger partial charge < -0.3 is 10.2 Å². The van der Waals surface area contributed by atoms with Crippen molar-refractivity contribution in [2.24, 2.45) is 5.92 Å². The monoisotopic (exact) mass is 238 g/mol. The van der Waals surface area contributed by atoms with Crippen molar-refractivity contribution in [3.05, 3.63) is 0 Å². The van der Waals surface area contributed by atoms with Gasteiger partial charge in [-0.05, 0) is 38.1 Å². The summed E-state index contributed by atoms with van der Waals surface area (Å²) in [5, 5.41) is 3.37. The van der Waals surface area contributed by atoms with Crippen LogP contribution in [0.3, 0.4) is 0 Å². The van der Waals surface area contributed by atoms with E-state index in [0.29, 0.717) is 12.5 Å². The van der Waals surface area contributed by atoms with Gasteiger partial charge in [0.2, 0.25) is 5.91 Å².